The summed E-state index contributed by atoms with van der Waals surface area (Å²) in [4.78, 5) is 23.4. The highest BCUT2D eigenvalue weighted by atomic mass is 32.1. The number of amides is 1. The number of aromatic nitrogens is 1. The maximum atomic E-state index is 12.5. The molecule has 2 aromatic rings. The lowest BCUT2D eigenvalue weighted by atomic mass is 10.0. The molecular weight excluding hydrogens is 384 g/mol. The third-order valence-electron chi connectivity index (χ3n) is 5.93. The molecule has 3 heterocycles. The Morgan fingerprint density at radius 1 is 1.31 bits per heavy atom. The molecule has 1 aromatic heterocycles. The van der Waals surface area contributed by atoms with Crippen LogP contribution in [0.2, 0.25) is 0 Å². The first kappa shape index (κ1) is 20.3. The summed E-state index contributed by atoms with van der Waals surface area (Å²) in [6.45, 7) is 8.52. The number of aliphatic hydroxyl groups is 1. The Kier molecular flexibility index (Phi) is 6.18. The van der Waals surface area contributed by atoms with Crippen LogP contribution in [-0.4, -0.2) is 59.7 Å². The standard InChI is InChI=1S/C22H30N4O2S/c1-3-4-21(28)26-16(2)13-18-14-17(5-6-19(18)26)20(27)15-24-8-10-25(11-9-24)22-23-7-12-29-22/h5-7,12,14,16,20,27H,3-4,8-11,13,15H2,1-2H3/t16-,20+/m1/s1. The van der Waals surface area contributed by atoms with Crippen molar-refractivity contribution in [1.82, 2.24) is 9.88 Å². The van der Waals surface area contributed by atoms with Crippen LogP contribution >= 0.6 is 11.3 Å². The van der Waals surface area contributed by atoms with Crippen molar-refractivity contribution < 1.29 is 9.90 Å². The molecule has 0 bridgehead atoms. The number of rotatable bonds is 6. The molecule has 0 aliphatic carbocycles. The number of piperazine rings is 1. The number of hydrogen-bond acceptors (Lipinski definition) is 6. The Morgan fingerprint density at radius 3 is 2.79 bits per heavy atom. The number of β-amino-alcohol motifs (C(OH)–C–C–N with tert-alkyl or cyclic N) is 1. The molecule has 0 unspecified atom stereocenters. The van der Waals surface area contributed by atoms with E-state index in [0.717, 1.165) is 55.4 Å². The second kappa shape index (κ2) is 8.81. The van der Waals surface area contributed by atoms with Gasteiger partial charge in [0.15, 0.2) is 5.13 Å². The Balaban J connectivity index is 1.37. The van der Waals surface area contributed by atoms with Crippen molar-refractivity contribution in [2.75, 3.05) is 42.5 Å². The van der Waals surface area contributed by atoms with Gasteiger partial charge in [0.05, 0.1) is 6.10 Å². The van der Waals surface area contributed by atoms with Gasteiger partial charge in [-0.3, -0.25) is 9.69 Å². The number of thiazole rings is 1. The first-order chi connectivity index (χ1) is 14.1. The van der Waals surface area contributed by atoms with Crippen molar-refractivity contribution in [3.8, 4) is 0 Å². The SMILES string of the molecule is CCCC(=O)N1c2ccc([C@@H](O)CN3CCN(c4nccs4)CC3)cc2C[C@H]1C. The molecule has 2 aliphatic rings. The third-order valence-corrected chi connectivity index (χ3v) is 6.76. The predicted molar refractivity (Wildman–Crippen MR) is 118 cm³/mol. The molecule has 0 saturated carbocycles. The van der Waals surface area contributed by atoms with Gasteiger partial charge in [0.1, 0.15) is 0 Å². The number of anilines is 2. The summed E-state index contributed by atoms with van der Waals surface area (Å²) in [6.07, 6.45) is 3.65. The summed E-state index contributed by atoms with van der Waals surface area (Å²) in [5, 5.41) is 13.9. The second-order valence-electron chi connectivity index (χ2n) is 8.07. The molecule has 29 heavy (non-hydrogen) atoms. The fourth-order valence-electron chi connectivity index (χ4n) is 4.42. The first-order valence-corrected chi connectivity index (χ1v) is 11.4. The van der Waals surface area contributed by atoms with E-state index in [2.05, 4.69) is 27.8 Å². The van der Waals surface area contributed by atoms with Crippen molar-refractivity contribution in [3.05, 3.63) is 40.9 Å². The maximum Gasteiger partial charge on any atom is 0.227 e. The zero-order valence-corrected chi connectivity index (χ0v) is 18.1. The minimum Gasteiger partial charge on any atom is -0.387 e. The quantitative estimate of drug-likeness (QED) is 0.787. The van der Waals surface area contributed by atoms with Gasteiger partial charge in [0, 0.05) is 62.5 Å². The monoisotopic (exact) mass is 414 g/mol. The average molecular weight is 415 g/mol. The summed E-state index contributed by atoms with van der Waals surface area (Å²) >= 11 is 1.68. The lowest BCUT2D eigenvalue weighted by molar-refractivity contribution is -0.118. The maximum absolute atomic E-state index is 12.5. The molecule has 7 heteroatoms. The van der Waals surface area contributed by atoms with Crippen LogP contribution in [0.1, 0.15) is 43.9 Å². The number of fused-ring (bicyclic) bond motifs is 1. The van der Waals surface area contributed by atoms with E-state index in [4.69, 9.17) is 0 Å². The van der Waals surface area contributed by atoms with Gasteiger partial charge in [0.25, 0.3) is 0 Å². The lowest BCUT2D eigenvalue weighted by Crippen LogP contribution is -2.47. The molecule has 0 spiro atoms. The molecule has 1 aromatic carbocycles. The molecule has 2 aliphatic heterocycles. The molecule has 6 nitrogen and oxygen atoms in total. The first-order valence-electron chi connectivity index (χ1n) is 10.6. The van der Waals surface area contributed by atoms with E-state index in [0.29, 0.717) is 13.0 Å². The van der Waals surface area contributed by atoms with Crippen LogP contribution in [0.3, 0.4) is 0 Å². The Bertz CT molecular complexity index is 833. The number of carbonyl (C=O) groups excluding carboxylic acids is 1. The van der Waals surface area contributed by atoms with Gasteiger partial charge in [-0.05, 0) is 37.0 Å². The lowest BCUT2D eigenvalue weighted by Gasteiger charge is -2.35. The van der Waals surface area contributed by atoms with E-state index in [1.54, 1.807) is 11.3 Å². The van der Waals surface area contributed by atoms with E-state index in [1.807, 2.05) is 35.5 Å². The summed E-state index contributed by atoms with van der Waals surface area (Å²) in [6, 6.07) is 6.29. The number of carbonyl (C=O) groups is 1. The van der Waals surface area contributed by atoms with Crippen LogP contribution in [0.4, 0.5) is 10.8 Å². The molecule has 1 saturated heterocycles. The highest BCUT2D eigenvalue weighted by molar-refractivity contribution is 7.13. The highest BCUT2D eigenvalue weighted by Crippen LogP contribution is 2.35. The summed E-state index contributed by atoms with van der Waals surface area (Å²) in [5.41, 5.74) is 3.14. The molecule has 4 rings (SSSR count). The highest BCUT2D eigenvalue weighted by Gasteiger charge is 2.31. The van der Waals surface area contributed by atoms with Gasteiger partial charge < -0.3 is 14.9 Å². The van der Waals surface area contributed by atoms with Crippen molar-refractivity contribution in [1.29, 1.82) is 0 Å². The van der Waals surface area contributed by atoms with Crippen LogP contribution in [0.15, 0.2) is 29.8 Å². The largest absolute Gasteiger partial charge is 0.387 e. The van der Waals surface area contributed by atoms with Crippen molar-refractivity contribution in [2.24, 2.45) is 0 Å². The fourth-order valence-corrected chi connectivity index (χ4v) is 5.11. The molecular formula is C22H30N4O2S. The van der Waals surface area contributed by atoms with E-state index < -0.39 is 6.10 Å². The summed E-state index contributed by atoms with van der Waals surface area (Å²) in [7, 11) is 0. The second-order valence-corrected chi connectivity index (χ2v) is 8.95. The molecule has 2 atom stereocenters. The topological polar surface area (TPSA) is 59.9 Å². The van der Waals surface area contributed by atoms with Gasteiger partial charge in [-0.15, -0.1) is 11.3 Å². The Morgan fingerprint density at radius 2 is 2.10 bits per heavy atom. The zero-order chi connectivity index (χ0) is 20.4. The Hall–Kier alpha value is -1.96. The number of nitrogens with zero attached hydrogens (tertiary/aromatic N) is 4. The van der Waals surface area contributed by atoms with Crippen LogP contribution in [0.25, 0.3) is 0 Å². The minimum absolute atomic E-state index is 0.190. The number of benzene rings is 1. The van der Waals surface area contributed by atoms with Crippen LogP contribution in [0, 0.1) is 0 Å². The van der Waals surface area contributed by atoms with E-state index in [9.17, 15) is 9.90 Å². The molecule has 0 radical (unpaired) electrons. The van der Waals surface area contributed by atoms with Gasteiger partial charge in [-0.25, -0.2) is 4.98 Å². The van der Waals surface area contributed by atoms with E-state index in [-0.39, 0.29) is 11.9 Å². The third kappa shape index (κ3) is 4.32. The van der Waals surface area contributed by atoms with Crippen molar-refractivity contribution in [3.63, 3.8) is 0 Å². The predicted octanol–water partition coefficient (Wildman–Crippen LogP) is 3.08. The zero-order valence-electron chi connectivity index (χ0n) is 17.3. The van der Waals surface area contributed by atoms with Gasteiger partial charge in [-0.2, -0.15) is 0 Å². The minimum atomic E-state index is -0.512. The average Bonchev–Trinajstić information content (AvgIpc) is 3.35. The van der Waals surface area contributed by atoms with Crippen molar-refractivity contribution in [2.45, 2.75) is 45.3 Å². The van der Waals surface area contributed by atoms with Crippen LogP contribution < -0.4 is 9.80 Å². The smallest absolute Gasteiger partial charge is 0.227 e. The summed E-state index contributed by atoms with van der Waals surface area (Å²) in [5.74, 6) is 0.199. The molecule has 1 N–H and O–H groups in total. The van der Waals surface area contributed by atoms with Crippen LogP contribution in [0.5, 0.6) is 0 Å². The molecule has 156 valence electrons. The van der Waals surface area contributed by atoms with E-state index in [1.165, 1.54) is 5.56 Å². The fraction of sp³-hybridized carbons (Fsp3) is 0.545. The van der Waals surface area contributed by atoms with Crippen molar-refractivity contribution >= 4 is 28.1 Å². The van der Waals surface area contributed by atoms with Gasteiger partial charge >= 0.3 is 0 Å². The van der Waals surface area contributed by atoms with E-state index >= 15 is 0 Å². The summed E-state index contributed by atoms with van der Waals surface area (Å²) < 4.78 is 0. The number of hydrogen-bond donors (Lipinski definition) is 1. The molecule has 1 amide bonds. The number of aliphatic hydroxyl groups excluding tert-OH is 1. The molecule has 1 fully saturated rings. The van der Waals surface area contributed by atoms with Crippen LogP contribution in [-0.2, 0) is 11.2 Å². The Labute approximate surface area is 176 Å². The van der Waals surface area contributed by atoms with Gasteiger partial charge in [-0.1, -0.05) is 19.1 Å². The van der Waals surface area contributed by atoms with Gasteiger partial charge in [0.2, 0.25) is 5.91 Å². The normalized spacial score (nSPS) is 20.7.